The Labute approximate surface area is 157 Å². The summed E-state index contributed by atoms with van der Waals surface area (Å²) in [5.74, 6) is -1.48. The Morgan fingerprint density at radius 3 is 2.81 bits per heavy atom. The highest BCUT2D eigenvalue weighted by Gasteiger charge is 2.42. The van der Waals surface area contributed by atoms with Crippen molar-refractivity contribution in [1.29, 1.82) is 0 Å². The molecule has 0 bridgehead atoms. The molecule has 0 radical (unpaired) electrons. The van der Waals surface area contributed by atoms with Crippen molar-refractivity contribution in [3.63, 3.8) is 0 Å². The van der Waals surface area contributed by atoms with Crippen LogP contribution in [0.5, 0.6) is 0 Å². The molecule has 2 saturated heterocycles. The van der Waals surface area contributed by atoms with E-state index in [0.29, 0.717) is 30.7 Å². The van der Waals surface area contributed by atoms with Crippen molar-refractivity contribution in [2.24, 2.45) is 11.8 Å². The van der Waals surface area contributed by atoms with Crippen molar-refractivity contribution in [2.75, 3.05) is 18.2 Å². The van der Waals surface area contributed by atoms with E-state index in [1.165, 1.54) is 5.01 Å². The second kappa shape index (κ2) is 7.52. The highest BCUT2D eigenvalue weighted by atomic mass is 16.6. The molecule has 27 heavy (non-hydrogen) atoms. The normalized spacial score (nSPS) is 27.3. The lowest BCUT2D eigenvalue weighted by atomic mass is 9.80. The predicted molar refractivity (Wildman–Crippen MR) is 96.7 cm³/mol. The number of esters is 1. The van der Waals surface area contributed by atoms with Crippen molar-refractivity contribution in [3.05, 3.63) is 42.0 Å². The van der Waals surface area contributed by atoms with Gasteiger partial charge in [-0.1, -0.05) is 18.2 Å². The molecule has 142 valence electrons. The van der Waals surface area contributed by atoms with Crippen molar-refractivity contribution in [2.45, 2.75) is 31.8 Å². The third-order valence-corrected chi connectivity index (χ3v) is 5.29. The van der Waals surface area contributed by atoms with Crippen LogP contribution < -0.4 is 10.4 Å². The molecular formula is C20H22N2O5. The average molecular weight is 370 g/mol. The van der Waals surface area contributed by atoms with Gasteiger partial charge in [0.1, 0.15) is 6.61 Å². The number of carbonyl (C=O) groups is 3. The number of allylic oxidation sites excluding steroid dienone is 2. The van der Waals surface area contributed by atoms with Gasteiger partial charge in [-0.05, 0) is 43.9 Å². The summed E-state index contributed by atoms with van der Waals surface area (Å²) in [6.45, 7) is 0.921. The lowest BCUT2D eigenvalue weighted by molar-refractivity contribution is -0.139. The number of benzene rings is 1. The molecule has 0 spiro atoms. The molecule has 1 aliphatic carbocycles. The predicted octanol–water partition coefficient (Wildman–Crippen LogP) is 1.98. The molecule has 1 aromatic rings. The van der Waals surface area contributed by atoms with E-state index in [1.54, 1.807) is 24.3 Å². The van der Waals surface area contributed by atoms with Gasteiger partial charge in [-0.25, -0.2) is 9.80 Å². The summed E-state index contributed by atoms with van der Waals surface area (Å²) in [4.78, 5) is 37.5. The van der Waals surface area contributed by atoms with Gasteiger partial charge in [0.05, 0.1) is 29.2 Å². The number of amides is 2. The standard InChI is InChI=1S/C20H22N2O5/c23-18-16-8-1-2-9-17(16)19(24)22(21-18)14-6-3-5-13(11-14)20(25)27-12-15-7-4-10-26-15/h1-3,5-6,11,15-17H,4,7-10,12H2,(H,21,23)/t15-,16+,17-/m0/s1. The van der Waals surface area contributed by atoms with Gasteiger partial charge in [-0.15, -0.1) is 0 Å². The molecule has 7 heteroatoms. The number of anilines is 1. The van der Waals surface area contributed by atoms with E-state index in [1.807, 2.05) is 12.2 Å². The molecule has 3 atom stereocenters. The largest absolute Gasteiger partial charge is 0.459 e. The SMILES string of the molecule is O=C(OC[C@@H]1CCCO1)c1cccc(N2NC(=O)[C@@H]3CC=CC[C@@H]3C2=O)c1. The van der Waals surface area contributed by atoms with Crippen molar-refractivity contribution in [1.82, 2.24) is 5.43 Å². The summed E-state index contributed by atoms with van der Waals surface area (Å²) in [5, 5.41) is 1.25. The van der Waals surface area contributed by atoms with E-state index < -0.39 is 5.97 Å². The van der Waals surface area contributed by atoms with Crippen molar-refractivity contribution in [3.8, 4) is 0 Å². The summed E-state index contributed by atoms with van der Waals surface area (Å²) in [6.07, 6.45) is 6.83. The van der Waals surface area contributed by atoms with E-state index in [0.717, 1.165) is 12.8 Å². The van der Waals surface area contributed by atoms with Gasteiger partial charge in [0.25, 0.3) is 0 Å². The minimum absolute atomic E-state index is 0.0450. The number of nitrogens with zero attached hydrogens (tertiary/aromatic N) is 1. The van der Waals surface area contributed by atoms with E-state index in [2.05, 4.69) is 5.43 Å². The van der Waals surface area contributed by atoms with Crippen LogP contribution >= 0.6 is 0 Å². The number of hydrogen-bond donors (Lipinski definition) is 1. The first kappa shape index (κ1) is 17.7. The van der Waals surface area contributed by atoms with Gasteiger partial charge >= 0.3 is 5.97 Å². The highest BCUT2D eigenvalue weighted by Crippen LogP contribution is 2.32. The summed E-state index contributed by atoms with van der Waals surface area (Å²) < 4.78 is 10.8. The fourth-order valence-electron chi connectivity index (χ4n) is 3.78. The Kier molecular flexibility index (Phi) is 4.94. The number of rotatable bonds is 4. The quantitative estimate of drug-likeness (QED) is 0.647. The van der Waals surface area contributed by atoms with E-state index in [4.69, 9.17) is 9.47 Å². The first-order valence-electron chi connectivity index (χ1n) is 9.32. The van der Waals surface area contributed by atoms with Crippen LogP contribution in [-0.4, -0.2) is 37.1 Å². The van der Waals surface area contributed by atoms with E-state index in [9.17, 15) is 14.4 Å². The number of ether oxygens (including phenoxy) is 2. The molecule has 7 nitrogen and oxygen atoms in total. The molecule has 4 rings (SSSR count). The van der Waals surface area contributed by atoms with Gasteiger partial charge in [0.2, 0.25) is 11.8 Å². The molecule has 2 fully saturated rings. The Bertz CT molecular complexity index is 784. The summed E-state index contributed by atoms with van der Waals surface area (Å²) in [6, 6.07) is 6.55. The van der Waals surface area contributed by atoms with Gasteiger partial charge < -0.3 is 9.47 Å². The van der Waals surface area contributed by atoms with Crippen LogP contribution in [0.25, 0.3) is 0 Å². The summed E-state index contributed by atoms with van der Waals surface area (Å²) in [7, 11) is 0. The van der Waals surface area contributed by atoms with Crippen molar-refractivity contribution >= 4 is 23.5 Å². The highest BCUT2D eigenvalue weighted by molar-refractivity contribution is 6.04. The van der Waals surface area contributed by atoms with Crippen LogP contribution in [0.2, 0.25) is 0 Å². The van der Waals surface area contributed by atoms with Crippen LogP contribution in [0.4, 0.5) is 5.69 Å². The van der Waals surface area contributed by atoms with Gasteiger partial charge in [-0.3, -0.25) is 15.0 Å². The Balaban J connectivity index is 1.48. The van der Waals surface area contributed by atoms with Crippen molar-refractivity contribution < 1.29 is 23.9 Å². The summed E-state index contributed by atoms with van der Waals surface area (Å²) >= 11 is 0. The van der Waals surface area contributed by atoms with Gasteiger partial charge in [0, 0.05) is 6.61 Å². The average Bonchev–Trinajstić information content (AvgIpc) is 3.23. The molecule has 2 amide bonds. The smallest absolute Gasteiger partial charge is 0.338 e. The Morgan fingerprint density at radius 1 is 1.22 bits per heavy atom. The second-order valence-electron chi connectivity index (χ2n) is 7.09. The number of hydrazine groups is 1. The maximum atomic E-state index is 12.8. The minimum Gasteiger partial charge on any atom is -0.459 e. The van der Waals surface area contributed by atoms with Crippen LogP contribution in [0.3, 0.4) is 0 Å². The van der Waals surface area contributed by atoms with Crippen LogP contribution in [-0.2, 0) is 19.1 Å². The fourth-order valence-corrected chi connectivity index (χ4v) is 3.78. The maximum absolute atomic E-state index is 12.8. The fraction of sp³-hybridized carbons (Fsp3) is 0.450. The molecule has 2 heterocycles. The van der Waals surface area contributed by atoms with E-state index in [-0.39, 0.29) is 36.4 Å². The number of fused-ring (bicyclic) bond motifs is 1. The van der Waals surface area contributed by atoms with E-state index >= 15 is 0 Å². The number of hydrogen-bond acceptors (Lipinski definition) is 5. The van der Waals surface area contributed by atoms with Crippen LogP contribution in [0, 0.1) is 11.8 Å². The third-order valence-electron chi connectivity index (χ3n) is 5.29. The molecule has 2 aliphatic heterocycles. The summed E-state index contributed by atoms with van der Waals surface area (Å²) in [5.41, 5.74) is 3.45. The van der Waals surface area contributed by atoms with Crippen LogP contribution in [0.1, 0.15) is 36.0 Å². The Hall–Kier alpha value is -2.67. The number of carbonyl (C=O) groups excluding carboxylic acids is 3. The van der Waals surface area contributed by atoms with Gasteiger partial charge in [0.15, 0.2) is 0 Å². The van der Waals surface area contributed by atoms with Crippen LogP contribution in [0.15, 0.2) is 36.4 Å². The molecule has 1 N–H and O–H groups in total. The first-order chi connectivity index (χ1) is 13.1. The third kappa shape index (κ3) is 3.60. The molecule has 0 saturated carbocycles. The topological polar surface area (TPSA) is 84.9 Å². The van der Waals surface area contributed by atoms with Gasteiger partial charge in [-0.2, -0.15) is 0 Å². The zero-order chi connectivity index (χ0) is 18.8. The zero-order valence-electron chi connectivity index (χ0n) is 14.9. The molecular weight excluding hydrogens is 348 g/mol. The molecule has 0 aromatic heterocycles. The number of nitrogens with one attached hydrogen (secondary N) is 1. The Morgan fingerprint density at radius 2 is 2.04 bits per heavy atom. The molecule has 1 aromatic carbocycles. The lowest BCUT2D eigenvalue weighted by Crippen LogP contribution is -2.59. The maximum Gasteiger partial charge on any atom is 0.338 e. The monoisotopic (exact) mass is 370 g/mol. The molecule has 3 aliphatic rings. The zero-order valence-corrected chi connectivity index (χ0v) is 14.9. The minimum atomic E-state index is -0.471. The first-order valence-corrected chi connectivity index (χ1v) is 9.32. The lowest BCUT2D eigenvalue weighted by Gasteiger charge is -2.38. The second-order valence-corrected chi connectivity index (χ2v) is 7.09. The molecule has 0 unspecified atom stereocenters.